The Hall–Kier alpha value is -1.92. The van der Waals surface area contributed by atoms with Gasteiger partial charge in [0, 0.05) is 5.92 Å². The number of nitrogens with one attached hydrogen (secondary N) is 2. The predicted molar refractivity (Wildman–Crippen MR) is 97.0 cm³/mol. The van der Waals surface area contributed by atoms with Crippen LogP contribution < -0.4 is 10.6 Å². The van der Waals surface area contributed by atoms with Crippen molar-refractivity contribution in [1.82, 2.24) is 4.98 Å². The highest BCUT2D eigenvalue weighted by Gasteiger charge is 2.26. The number of halogens is 1. The third-order valence-corrected chi connectivity index (χ3v) is 5.56. The number of hydrogen-bond acceptors (Lipinski definition) is 4. The standard InChI is InChI=1S/C17H18ClN3O2S/c1-9-5-3-8-12(18)13(9)20-16(23)14-10(2)19-17(24-14)21-15(22)11-6-4-7-11/h3,5,8,11H,4,6-7H2,1-2H3,(H,20,23)(H,19,21,22). The molecule has 0 unspecified atom stereocenters. The molecule has 1 saturated carbocycles. The fourth-order valence-corrected chi connectivity index (χ4v) is 3.63. The smallest absolute Gasteiger partial charge is 0.267 e. The van der Waals surface area contributed by atoms with Crippen molar-refractivity contribution < 1.29 is 9.59 Å². The van der Waals surface area contributed by atoms with Gasteiger partial charge in [0.25, 0.3) is 5.91 Å². The summed E-state index contributed by atoms with van der Waals surface area (Å²) < 4.78 is 0. The van der Waals surface area contributed by atoms with Gasteiger partial charge >= 0.3 is 0 Å². The minimum Gasteiger partial charge on any atom is -0.320 e. The molecule has 3 rings (SSSR count). The zero-order valence-corrected chi connectivity index (χ0v) is 15.1. The lowest BCUT2D eigenvalue weighted by molar-refractivity contribution is -0.122. The van der Waals surface area contributed by atoms with Gasteiger partial charge < -0.3 is 10.6 Å². The first-order valence-electron chi connectivity index (χ1n) is 7.80. The summed E-state index contributed by atoms with van der Waals surface area (Å²) in [6.45, 7) is 3.63. The molecular formula is C17H18ClN3O2S. The molecule has 1 aliphatic rings. The lowest BCUT2D eigenvalue weighted by Crippen LogP contribution is -2.27. The average Bonchev–Trinajstić information content (AvgIpc) is 2.81. The Labute approximate surface area is 149 Å². The fraction of sp³-hybridized carbons (Fsp3) is 0.353. The Morgan fingerprint density at radius 1 is 1.25 bits per heavy atom. The minimum atomic E-state index is -0.273. The van der Waals surface area contributed by atoms with E-state index in [1.165, 1.54) is 11.3 Å². The molecule has 7 heteroatoms. The molecule has 1 aliphatic carbocycles. The predicted octanol–water partition coefficient (Wildman–Crippen LogP) is 4.40. The number of aryl methyl sites for hydroxylation is 2. The van der Waals surface area contributed by atoms with E-state index < -0.39 is 0 Å². The first-order chi connectivity index (χ1) is 11.5. The second kappa shape index (κ2) is 6.91. The van der Waals surface area contributed by atoms with E-state index in [2.05, 4.69) is 15.6 Å². The SMILES string of the molecule is Cc1cccc(Cl)c1NC(=O)c1sc(NC(=O)C2CCC2)nc1C. The van der Waals surface area contributed by atoms with Crippen LogP contribution in [0, 0.1) is 19.8 Å². The molecule has 2 amide bonds. The number of hydrogen-bond donors (Lipinski definition) is 2. The van der Waals surface area contributed by atoms with Crippen LogP contribution in [0.5, 0.6) is 0 Å². The van der Waals surface area contributed by atoms with Gasteiger partial charge in [0.15, 0.2) is 5.13 Å². The molecule has 1 aromatic carbocycles. The van der Waals surface area contributed by atoms with Gasteiger partial charge in [-0.2, -0.15) is 0 Å². The number of amides is 2. The van der Waals surface area contributed by atoms with Crippen LogP contribution >= 0.6 is 22.9 Å². The number of carbonyl (C=O) groups excluding carboxylic acids is 2. The van der Waals surface area contributed by atoms with Crippen LogP contribution in [0.2, 0.25) is 5.02 Å². The van der Waals surface area contributed by atoms with E-state index in [9.17, 15) is 9.59 Å². The van der Waals surface area contributed by atoms with E-state index >= 15 is 0 Å². The van der Waals surface area contributed by atoms with Gasteiger partial charge in [-0.3, -0.25) is 9.59 Å². The van der Waals surface area contributed by atoms with Gasteiger partial charge in [-0.1, -0.05) is 41.5 Å². The van der Waals surface area contributed by atoms with E-state index in [1.807, 2.05) is 19.1 Å². The van der Waals surface area contributed by atoms with Crippen LogP contribution in [0.25, 0.3) is 0 Å². The second-order valence-electron chi connectivity index (χ2n) is 5.94. The second-order valence-corrected chi connectivity index (χ2v) is 7.34. The summed E-state index contributed by atoms with van der Waals surface area (Å²) in [5, 5.41) is 6.60. The summed E-state index contributed by atoms with van der Waals surface area (Å²) in [7, 11) is 0. The van der Waals surface area contributed by atoms with Gasteiger partial charge in [0.2, 0.25) is 5.91 Å². The highest BCUT2D eigenvalue weighted by atomic mass is 35.5. The Bertz CT molecular complexity index is 779. The van der Waals surface area contributed by atoms with Crippen molar-refractivity contribution in [3.63, 3.8) is 0 Å². The van der Waals surface area contributed by atoms with Crippen LogP contribution in [-0.2, 0) is 4.79 Å². The Balaban J connectivity index is 1.74. The zero-order chi connectivity index (χ0) is 17.3. The van der Waals surface area contributed by atoms with E-state index in [0.717, 1.165) is 24.8 Å². The van der Waals surface area contributed by atoms with Gasteiger partial charge in [-0.15, -0.1) is 0 Å². The monoisotopic (exact) mass is 363 g/mol. The van der Waals surface area contributed by atoms with Gasteiger partial charge in [-0.05, 0) is 38.3 Å². The van der Waals surface area contributed by atoms with Crippen LogP contribution in [0.1, 0.15) is 40.2 Å². The molecule has 1 aromatic heterocycles. The lowest BCUT2D eigenvalue weighted by atomic mass is 9.85. The van der Waals surface area contributed by atoms with Crippen LogP contribution in [0.3, 0.4) is 0 Å². The number of carbonyl (C=O) groups is 2. The molecule has 0 atom stereocenters. The van der Waals surface area contributed by atoms with Gasteiger partial charge in [0.05, 0.1) is 16.4 Å². The van der Waals surface area contributed by atoms with Crippen LogP contribution in [0.15, 0.2) is 18.2 Å². The third-order valence-electron chi connectivity index (χ3n) is 4.17. The zero-order valence-electron chi connectivity index (χ0n) is 13.5. The van der Waals surface area contributed by atoms with Crippen molar-refractivity contribution in [3.05, 3.63) is 39.4 Å². The van der Waals surface area contributed by atoms with E-state index in [1.54, 1.807) is 13.0 Å². The number of para-hydroxylation sites is 1. The summed E-state index contributed by atoms with van der Waals surface area (Å²) >= 11 is 7.33. The summed E-state index contributed by atoms with van der Waals surface area (Å²) in [5.41, 5.74) is 2.07. The van der Waals surface area contributed by atoms with Crippen molar-refractivity contribution in [3.8, 4) is 0 Å². The first-order valence-corrected chi connectivity index (χ1v) is 9.00. The van der Waals surface area contributed by atoms with Crippen molar-refractivity contribution in [2.24, 2.45) is 5.92 Å². The number of anilines is 2. The molecule has 2 aromatic rings. The first kappa shape index (κ1) is 16.9. The molecule has 24 heavy (non-hydrogen) atoms. The summed E-state index contributed by atoms with van der Waals surface area (Å²) in [6, 6.07) is 5.44. The van der Waals surface area contributed by atoms with E-state index in [-0.39, 0.29) is 17.7 Å². The number of nitrogens with zero attached hydrogens (tertiary/aromatic N) is 1. The Kier molecular flexibility index (Phi) is 4.87. The van der Waals surface area contributed by atoms with Crippen molar-refractivity contribution in [2.45, 2.75) is 33.1 Å². The number of aromatic nitrogens is 1. The van der Waals surface area contributed by atoms with Crippen LogP contribution in [-0.4, -0.2) is 16.8 Å². The summed E-state index contributed by atoms with van der Waals surface area (Å²) in [6.07, 6.45) is 2.95. The molecular weight excluding hydrogens is 346 g/mol. The molecule has 1 fully saturated rings. The molecule has 0 radical (unpaired) electrons. The van der Waals surface area contributed by atoms with Crippen molar-refractivity contribution in [1.29, 1.82) is 0 Å². The Morgan fingerprint density at radius 2 is 2.00 bits per heavy atom. The molecule has 0 bridgehead atoms. The summed E-state index contributed by atoms with van der Waals surface area (Å²) in [4.78, 5) is 29.3. The van der Waals surface area contributed by atoms with Crippen molar-refractivity contribution >= 4 is 45.6 Å². The molecule has 0 saturated heterocycles. The summed E-state index contributed by atoms with van der Waals surface area (Å²) in [5.74, 6) is -0.202. The van der Waals surface area contributed by atoms with Crippen molar-refractivity contribution in [2.75, 3.05) is 10.6 Å². The molecule has 126 valence electrons. The molecule has 5 nitrogen and oxygen atoms in total. The van der Waals surface area contributed by atoms with Gasteiger partial charge in [0.1, 0.15) is 4.88 Å². The number of rotatable bonds is 4. The normalized spacial score (nSPS) is 14.1. The maximum Gasteiger partial charge on any atom is 0.267 e. The molecule has 2 N–H and O–H groups in total. The largest absolute Gasteiger partial charge is 0.320 e. The molecule has 0 spiro atoms. The highest BCUT2D eigenvalue weighted by Crippen LogP contribution is 2.31. The topological polar surface area (TPSA) is 71.1 Å². The minimum absolute atomic E-state index is 0.0103. The van der Waals surface area contributed by atoms with E-state index in [4.69, 9.17) is 11.6 Å². The lowest BCUT2D eigenvalue weighted by Gasteiger charge is -2.23. The Morgan fingerprint density at radius 3 is 2.62 bits per heavy atom. The fourth-order valence-electron chi connectivity index (χ4n) is 2.50. The van der Waals surface area contributed by atoms with E-state index in [0.29, 0.717) is 26.4 Å². The molecule has 0 aliphatic heterocycles. The maximum atomic E-state index is 12.5. The number of benzene rings is 1. The number of thiazole rings is 1. The molecule has 1 heterocycles. The third kappa shape index (κ3) is 3.44. The highest BCUT2D eigenvalue weighted by molar-refractivity contribution is 7.17. The van der Waals surface area contributed by atoms with Crippen LogP contribution in [0.4, 0.5) is 10.8 Å². The van der Waals surface area contributed by atoms with Gasteiger partial charge in [-0.25, -0.2) is 4.98 Å². The quantitative estimate of drug-likeness (QED) is 0.845. The average molecular weight is 364 g/mol. The maximum absolute atomic E-state index is 12.5.